The Bertz CT molecular complexity index is 1880. The minimum Gasteiger partial charge on any atom is -0.491 e. The van der Waals surface area contributed by atoms with Crippen LogP contribution < -0.4 is 19.1 Å². The maximum absolute atomic E-state index is 14.6. The molecule has 45 heavy (non-hydrogen) atoms. The Hall–Kier alpha value is -5.56. The summed E-state index contributed by atoms with van der Waals surface area (Å²) < 4.78 is 17.4. The number of carbonyl (C=O) groups excluding carboxylic acids is 2. The van der Waals surface area contributed by atoms with Gasteiger partial charge in [0.05, 0.1) is 6.54 Å². The number of benzene rings is 5. The monoisotopic (exact) mass is 594 g/mol. The van der Waals surface area contributed by atoms with Crippen molar-refractivity contribution >= 4 is 17.5 Å². The fraction of sp³-hybridized carbons (Fsp3) is 0.158. The van der Waals surface area contributed by atoms with Gasteiger partial charge >= 0.3 is 0 Å². The standard InChI is InChI=1S/C38H30N2O5/c41-36(39(21-26-11-3-1-4-12-26)22-27-13-5-2-6-14-27)29-16-8-7-15-28(29)23-40-32-18-10-9-17-30(32)38(37(40)42)24-43-33-20-35-34(19-31(33)38)44-25-45-35/h1-20H,21-25H2. The number of para-hydroxylation sites is 1. The molecule has 3 aliphatic heterocycles. The molecule has 8 rings (SSSR count). The molecular formula is C38H30N2O5. The Balaban J connectivity index is 1.15. The van der Waals surface area contributed by atoms with E-state index in [-0.39, 0.29) is 31.8 Å². The normalized spacial score (nSPS) is 17.2. The molecule has 0 aliphatic carbocycles. The van der Waals surface area contributed by atoms with Crippen molar-refractivity contribution < 1.29 is 23.8 Å². The number of rotatable bonds is 7. The number of hydrogen-bond acceptors (Lipinski definition) is 5. The summed E-state index contributed by atoms with van der Waals surface area (Å²) in [6.45, 7) is 1.48. The molecule has 222 valence electrons. The first kappa shape index (κ1) is 27.0. The van der Waals surface area contributed by atoms with Gasteiger partial charge in [0.2, 0.25) is 12.7 Å². The molecule has 0 saturated carbocycles. The van der Waals surface area contributed by atoms with E-state index in [0.29, 0.717) is 35.9 Å². The van der Waals surface area contributed by atoms with E-state index in [4.69, 9.17) is 14.2 Å². The van der Waals surface area contributed by atoms with Gasteiger partial charge in [-0.05, 0) is 40.5 Å². The van der Waals surface area contributed by atoms with Crippen molar-refractivity contribution in [1.82, 2.24) is 4.90 Å². The van der Waals surface area contributed by atoms with Crippen molar-refractivity contribution in [2.75, 3.05) is 18.3 Å². The highest BCUT2D eigenvalue weighted by Gasteiger charge is 2.57. The summed E-state index contributed by atoms with van der Waals surface area (Å²) in [6.07, 6.45) is 0. The number of carbonyl (C=O) groups is 2. The second-order valence-corrected chi connectivity index (χ2v) is 11.6. The smallest absolute Gasteiger partial charge is 0.254 e. The van der Waals surface area contributed by atoms with Crippen LogP contribution in [0.2, 0.25) is 0 Å². The number of amides is 2. The SMILES string of the molecule is O=C(c1ccccc1CN1C(=O)C2(COc3cc4c(cc32)OCO4)c2ccccc21)N(Cc1ccccc1)Cc1ccccc1. The van der Waals surface area contributed by atoms with Crippen molar-refractivity contribution in [3.05, 3.63) is 155 Å². The molecule has 2 amide bonds. The number of anilines is 1. The highest BCUT2D eigenvalue weighted by atomic mass is 16.7. The maximum Gasteiger partial charge on any atom is 0.254 e. The molecule has 1 spiro atoms. The van der Waals surface area contributed by atoms with E-state index in [0.717, 1.165) is 33.5 Å². The van der Waals surface area contributed by atoms with Gasteiger partial charge in [0.15, 0.2) is 11.5 Å². The van der Waals surface area contributed by atoms with Gasteiger partial charge in [-0.25, -0.2) is 0 Å². The van der Waals surface area contributed by atoms with Crippen LogP contribution in [0.5, 0.6) is 17.2 Å². The molecule has 0 bridgehead atoms. The Labute approximate surface area is 261 Å². The van der Waals surface area contributed by atoms with Gasteiger partial charge in [-0.2, -0.15) is 0 Å². The molecule has 3 aliphatic rings. The minimum absolute atomic E-state index is 0.0878. The van der Waals surface area contributed by atoms with Crippen LogP contribution in [0.25, 0.3) is 0 Å². The lowest BCUT2D eigenvalue weighted by Gasteiger charge is -2.26. The molecule has 7 heteroatoms. The number of hydrogen-bond donors (Lipinski definition) is 0. The molecular weight excluding hydrogens is 564 g/mol. The van der Waals surface area contributed by atoms with E-state index in [1.165, 1.54) is 0 Å². The molecule has 0 aromatic heterocycles. The van der Waals surface area contributed by atoms with E-state index in [1.54, 1.807) is 4.90 Å². The van der Waals surface area contributed by atoms with Gasteiger partial charge in [-0.15, -0.1) is 0 Å². The molecule has 3 heterocycles. The van der Waals surface area contributed by atoms with Gasteiger partial charge in [0.1, 0.15) is 17.8 Å². The zero-order valence-corrected chi connectivity index (χ0v) is 24.5. The molecule has 5 aromatic carbocycles. The predicted octanol–water partition coefficient (Wildman–Crippen LogP) is 6.48. The zero-order chi connectivity index (χ0) is 30.4. The second-order valence-electron chi connectivity index (χ2n) is 11.6. The van der Waals surface area contributed by atoms with E-state index in [9.17, 15) is 9.59 Å². The summed E-state index contributed by atoms with van der Waals surface area (Å²) in [4.78, 5) is 32.7. The maximum atomic E-state index is 14.6. The molecule has 7 nitrogen and oxygen atoms in total. The fourth-order valence-corrected chi connectivity index (χ4v) is 6.74. The summed E-state index contributed by atoms with van der Waals surface area (Å²) in [7, 11) is 0. The molecule has 1 atom stereocenters. The second kappa shape index (κ2) is 10.9. The Morgan fingerprint density at radius 2 is 1.31 bits per heavy atom. The third-order valence-corrected chi connectivity index (χ3v) is 8.94. The Morgan fingerprint density at radius 1 is 0.689 bits per heavy atom. The van der Waals surface area contributed by atoms with Crippen molar-refractivity contribution in [1.29, 1.82) is 0 Å². The van der Waals surface area contributed by atoms with Crippen LogP contribution in [0.15, 0.2) is 121 Å². The van der Waals surface area contributed by atoms with Gasteiger partial charge < -0.3 is 24.0 Å². The molecule has 0 N–H and O–H groups in total. The van der Waals surface area contributed by atoms with Crippen molar-refractivity contribution in [3.8, 4) is 17.2 Å². The third kappa shape index (κ3) is 4.51. The highest BCUT2D eigenvalue weighted by Crippen LogP contribution is 2.55. The summed E-state index contributed by atoms with van der Waals surface area (Å²) in [5, 5.41) is 0. The molecule has 0 fully saturated rings. The summed E-state index contributed by atoms with van der Waals surface area (Å²) in [5.74, 6) is 1.67. The topological polar surface area (TPSA) is 68.3 Å². The number of fused-ring (bicyclic) bond motifs is 5. The first-order chi connectivity index (χ1) is 22.1. The van der Waals surface area contributed by atoms with Crippen LogP contribution >= 0.6 is 0 Å². The molecule has 0 saturated heterocycles. The highest BCUT2D eigenvalue weighted by molar-refractivity contribution is 6.11. The lowest BCUT2D eigenvalue weighted by atomic mass is 9.77. The number of nitrogens with zero attached hydrogens (tertiary/aromatic N) is 2. The van der Waals surface area contributed by atoms with Crippen molar-refractivity contribution in [2.45, 2.75) is 25.0 Å². The van der Waals surface area contributed by atoms with Crippen LogP contribution in [-0.4, -0.2) is 30.1 Å². The third-order valence-electron chi connectivity index (χ3n) is 8.94. The average molecular weight is 595 g/mol. The minimum atomic E-state index is -1.02. The molecule has 1 unspecified atom stereocenters. The lowest BCUT2D eigenvalue weighted by Crippen LogP contribution is -2.42. The quantitative estimate of drug-likeness (QED) is 0.216. The van der Waals surface area contributed by atoms with Gasteiger partial charge in [-0.3, -0.25) is 9.59 Å². The van der Waals surface area contributed by atoms with Crippen LogP contribution in [-0.2, 0) is 29.8 Å². The molecule has 0 radical (unpaired) electrons. The summed E-state index contributed by atoms with van der Waals surface area (Å²) in [6, 6.07) is 39.2. The van der Waals surface area contributed by atoms with Crippen molar-refractivity contribution in [2.24, 2.45) is 0 Å². The van der Waals surface area contributed by atoms with E-state index in [1.807, 2.05) is 126 Å². The number of ether oxygens (including phenoxy) is 3. The first-order valence-electron chi connectivity index (χ1n) is 15.1. The fourth-order valence-electron chi connectivity index (χ4n) is 6.74. The van der Waals surface area contributed by atoms with Gasteiger partial charge in [0.25, 0.3) is 5.91 Å². The Kier molecular flexibility index (Phi) is 6.52. The van der Waals surface area contributed by atoms with Crippen LogP contribution in [0.1, 0.15) is 38.2 Å². The van der Waals surface area contributed by atoms with E-state index >= 15 is 0 Å². The van der Waals surface area contributed by atoms with Crippen LogP contribution in [0.3, 0.4) is 0 Å². The largest absolute Gasteiger partial charge is 0.491 e. The zero-order valence-electron chi connectivity index (χ0n) is 24.5. The predicted molar refractivity (Wildman–Crippen MR) is 169 cm³/mol. The van der Waals surface area contributed by atoms with Crippen LogP contribution in [0, 0.1) is 0 Å². The Morgan fingerprint density at radius 3 is 2.04 bits per heavy atom. The van der Waals surface area contributed by atoms with Gasteiger partial charge in [-0.1, -0.05) is 97.1 Å². The van der Waals surface area contributed by atoms with Gasteiger partial charge in [0, 0.05) is 36.0 Å². The summed E-state index contributed by atoms with van der Waals surface area (Å²) >= 11 is 0. The van der Waals surface area contributed by atoms with E-state index in [2.05, 4.69) is 0 Å². The van der Waals surface area contributed by atoms with Crippen LogP contribution in [0.4, 0.5) is 5.69 Å². The van der Waals surface area contributed by atoms with Crippen molar-refractivity contribution in [3.63, 3.8) is 0 Å². The summed E-state index contributed by atoms with van der Waals surface area (Å²) in [5.41, 5.74) is 4.89. The first-order valence-corrected chi connectivity index (χ1v) is 15.1. The average Bonchev–Trinajstić information content (AvgIpc) is 3.76. The molecule has 5 aromatic rings. The lowest BCUT2D eigenvalue weighted by molar-refractivity contribution is -0.122. The van der Waals surface area contributed by atoms with E-state index < -0.39 is 5.41 Å².